The van der Waals surface area contributed by atoms with Gasteiger partial charge in [0.05, 0.1) is 19.3 Å². The lowest BCUT2D eigenvalue weighted by atomic mass is 9.89. The summed E-state index contributed by atoms with van der Waals surface area (Å²) in [4.78, 5) is 11.1. The average Bonchev–Trinajstić information content (AvgIpc) is 3.00. The van der Waals surface area contributed by atoms with Crippen molar-refractivity contribution in [1.29, 1.82) is 0 Å². The Balaban J connectivity index is 1.80. The van der Waals surface area contributed by atoms with E-state index in [9.17, 15) is 20.1 Å². The number of para-hydroxylation sites is 1. The topological polar surface area (TPSA) is 96.2 Å². The lowest BCUT2D eigenvalue weighted by Crippen LogP contribution is -2.21. The molecule has 1 fully saturated rings. The highest BCUT2D eigenvalue weighted by Crippen LogP contribution is 2.36. The molecule has 1 saturated carbocycles. The van der Waals surface area contributed by atoms with Crippen LogP contribution in [0.1, 0.15) is 32.1 Å². The van der Waals surface area contributed by atoms with E-state index in [4.69, 9.17) is 4.74 Å². The number of ether oxygens (including phenoxy) is 2. The van der Waals surface area contributed by atoms with Crippen LogP contribution < -0.4 is 4.74 Å². The Hall–Kier alpha value is -2.15. The lowest BCUT2D eigenvalue weighted by Gasteiger charge is -2.19. The monoisotopic (exact) mass is 404 g/mol. The van der Waals surface area contributed by atoms with Crippen LogP contribution in [0.25, 0.3) is 0 Å². The van der Waals surface area contributed by atoms with Crippen molar-refractivity contribution >= 4 is 5.97 Å². The molecule has 5 atom stereocenters. The van der Waals surface area contributed by atoms with Crippen molar-refractivity contribution in [1.82, 2.24) is 0 Å². The van der Waals surface area contributed by atoms with Crippen molar-refractivity contribution in [2.75, 3.05) is 13.7 Å². The minimum atomic E-state index is -0.797. The van der Waals surface area contributed by atoms with E-state index in [2.05, 4.69) is 4.74 Å². The molecule has 0 unspecified atom stereocenters. The molecule has 1 aromatic rings. The van der Waals surface area contributed by atoms with Crippen LogP contribution in [0.5, 0.6) is 5.75 Å². The number of aliphatic hydroxyl groups is 3. The first-order chi connectivity index (χ1) is 14.0. The quantitative estimate of drug-likeness (QED) is 0.298. The standard InChI is InChI=1S/C23H32O6/c1-28-23(27)12-8-3-2-7-11-19-20(22(26)15-21(19)25)14-13-17(24)16-29-18-9-5-4-6-10-18/h2,4-7,9-10,13-14,17,19-22,24-26H,3,8,11-12,15-16H2,1H3/b7-2+,14-13+/t17-,19-,20-,21+,22-/m1/s1. The minimum Gasteiger partial charge on any atom is -0.491 e. The molecule has 6 nitrogen and oxygen atoms in total. The molecule has 1 aliphatic rings. The van der Waals surface area contributed by atoms with Gasteiger partial charge in [0, 0.05) is 18.8 Å². The average molecular weight is 405 g/mol. The fourth-order valence-corrected chi connectivity index (χ4v) is 3.55. The van der Waals surface area contributed by atoms with E-state index in [1.807, 2.05) is 42.5 Å². The molecule has 2 rings (SSSR count). The highest BCUT2D eigenvalue weighted by Gasteiger charge is 2.39. The van der Waals surface area contributed by atoms with Crippen LogP contribution in [0, 0.1) is 11.8 Å². The number of rotatable bonds is 11. The number of carbonyl (C=O) groups is 1. The first-order valence-corrected chi connectivity index (χ1v) is 10.1. The van der Waals surface area contributed by atoms with Gasteiger partial charge in [-0.2, -0.15) is 0 Å². The van der Waals surface area contributed by atoms with Gasteiger partial charge < -0.3 is 24.8 Å². The van der Waals surface area contributed by atoms with Crippen molar-refractivity contribution < 1.29 is 29.6 Å². The van der Waals surface area contributed by atoms with E-state index in [0.717, 1.165) is 12.8 Å². The van der Waals surface area contributed by atoms with Crippen molar-refractivity contribution in [2.45, 2.75) is 50.4 Å². The van der Waals surface area contributed by atoms with Crippen molar-refractivity contribution in [3.8, 4) is 5.75 Å². The molecule has 0 amide bonds. The molecule has 0 radical (unpaired) electrons. The maximum absolute atomic E-state index is 11.1. The maximum atomic E-state index is 11.1. The van der Waals surface area contributed by atoms with E-state index in [-0.39, 0.29) is 24.4 Å². The van der Waals surface area contributed by atoms with Gasteiger partial charge in [-0.3, -0.25) is 4.79 Å². The summed E-state index contributed by atoms with van der Waals surface area (Å²) in [6.45, 7) is 0.122. The van der Waals surface area contributed by atoms with Crippen LogP contribution in [0.2, 0.25) is 0 Å². The molecule has 0 spiro atoms. The highest BCUT2D eigenvalue weighted by molar-refractivity contribution is 5.69. The summed E-state index contributed by atoms with van der Waals surface area (Å²) in [6.07, 6.45) is 8.19. The SMILES string of the molecule is COC(=O)CCC/C=C/C[C@@H]1[C@@H](/C=C/[C@@H](O)COc2ccccc2)[C@H](O)C[C@@H]1O. The summed E-state index contributed by atoms with van der Waals surface area (Å²) in [5.41, 5.74) is 0. The molecule has 0 bridgehead atoms. The van der Waals surface area contributed by atoms with Crippen LogP contribution >= 0.6 is 0 Å². The Morgan fingerprint density at radius 2 is 1.97 bits per heavy atom. The number of aliphatic hydroxyl groups excluding tert-OH is 3. The molecule has 0 aromatic heterocycles. The summed E-state index contributed by atoms with van der Waals surface area (Å²) in [7, 11) is 1.38. The van der Waals surface area contributed by atoms with E-state index in [0.29, 0.717) is 25.0 Å². The number of hydrogen-bond donors (Lipinski definition) is 3. The van der Waals surface area contributed by atoms with E-state index in [1.165, 1.54) is 7.11 Å². The molecule has 0 heterocycles. The predicted molar refractivity (Wildman–Crippen MR) is 110 cm³/mol. The van der Waals surface area contributed by atoms with Gasteiger partial charge in [-0.15, -0.1) is 0 Å². The smallest absolute Gasteiger partial charge is 0.305 e. The summed E-state index contributed by atoms with van der Waals surface area (Å²) < 4.78 is 10.1. The van der Waals surface area contributed by atoms with Crippen molar-refractivity contribution in [3.05, 3.63) is 54.6 Å². The fourth-order valence-electron chi connectivity index (χ4n) is 3.55. The minimum absolute atomic E-state index is 0.111. The second kappa shape index (κ2) is 12.4. The Labute approximate surface area is 172 Å². The molecule has 3 N–H and O–H groups in total. The Bertz CT molecular complexity index is 657. The number of hydrogen-bond acceptors (Lipinski definition) is 6. The Morgan fingerprint density at radius 1 is 1.21 bits per heavy atom. The second-order valence-electron chi connectivity index (χ2n) is 7.36. The zero-order chi connectivity index (χ0) is 21.1. The first-order valence-electron chi connectivity index (χ1n) is 10.1. The van der Waals surface area contributed by atoms with Crippen LogP contribution in [-0.4, -0.2) is 53.3 Å². The number of methoxy groups -OCH3 is 1. The second-order valence-corrected chi connectivity index (χ2v) is 7.36. The molecule has 1 aromatic carbocycles. The van der Waals surface area contributed by atoms with Crippen LogP contribution in [0.4, 0.5) is 0 Å². The predicted octanol–water partition coefficient (Wildman–Crippen LogP) is 2.63. The summed E-state index contributed by atoms with van der Waals surface area (Å²) in [6, 6.07) is 9.26. The lowest BCUT2D eigenvalue weighted by molar-refractivity contribution is -0.140. The van der Waals surface area contributed by atoms with Gasteiger partial charge in [-0.05, 0) is 37.3 Å². The molecular formula is C23H32O6. The summed E-state index contributed by atoms with van der Waals surface area (Å²) in [5, 5.41) is 30.7. The van der Waals surface area contributed by atoms with Gasteiger partial charge in [0.2, 0.25) is 0 Å². The molecule has 0 saturated heterocycles. The highest BCUT2D eigenvalue weighted by atomic mass is 16.5. The van der Waals surface area contributed by atoms with Gasteiger partial charge in [0.1, 0.15) is 18.5 Å². The molecule has 29 heavy (non-hydrogen) atoms. The zero-order valence-electron chi connectivity index (χ0n) is 16.9. The largest absolute Gasteiger partial charge is 0.491 e. The fraction of sp³-hybridized carbons (Fsp3) is 0.522. The zero-order valence-corrected chi connectivity index (χ0v) is 16.9. The van der Waals surface area contributed by atoms with Gasteiger partial charge in [0.25, 0.3) is 0 Å². The van der Waals surface area contributed by atoms with E-state index < -0.39 is 18.3 Å². The first kappa shape index (κ1) is 23.1. The normalized spacial score (nSPS) is 25.5. The molecule has 6 heteroatoms. The van der Waals surface area contributed by atoms with Crippen LogP contribution in [0.15, 0.2) is 54.6 Å². The Kier molecular flexibility index (Phi) is 9.91. The third-order valence-electron chi connectivity index (χ3n) is 5.19. The summed E-state index contributed by atoms with van der Waals surface area (Å²) in [5.74, 6) is 0.135. The van der Waals surface area contributed by atoms with Crippen molar-refractivity contribution in [3.63, 3.8) is 0 Å². The van der Waals surface area contributed by atoms with Crippen LogP contribution in [-0.2, 0) is 9.53 Å². The van der Waals surface area contributed by atoms with Crippen molar-refractivity contribution in [2.24, 2.45) is 11.8 Å². The molecular weight excluding hydrogens is 372 g/mol. The number of carbonyl (C=O) groups excluding carboxylic acids is 1. The van der Waals surface area contributed by atoms with Gasteiger partial charge in [0.15, 0.2) is 0 Å². The molecule has 160 valence electrons. The van der Waals surface area contributed by atoms with Crippen LogP contribution in [0.3, 0.4) is 0 Å². The van der Waals surface area contributed by atoms with Gasteiger partial charge in [-0.1, -0.05) is 42.5 Å². The maximum Gasteiger partial charge on any atom is 0.305 e. The van der Waals surface area contributed by atoms with Gasteiger partial charge >= 0.3 is 5.97 Å². The van der Waals surface area contributed by atoms with E-state index >= 15 is 0 Å². The van der Waals surface area contributed by atoms with Gasteiger partial charge in [-0.25, -0.2) is 0 Å². The third kappa shape index (κ3) is 8.01. The number of esters is 1. The third-order valence-corrected chi connectivity index (χ3v) is 5.19. The number of benzene rings is 1. The molecule has 1 aliphatic carbocycles. The Morgan fingerprint density at radius 3 is 2.69 bits per heavy atom. The summed E-state index contributed by atoms with van der Waals surface area (Å²) >= 11 is 0. The number of unbranched alkanes of at least 4 members (excludes halogenated alkanes) is 1. The number of allylic oxidation sites excluding steroid dienone is 2. The molecule has 0 aliphatic heterocycles. The van der Waals surface area contributed by atoms with E-state index in [1.54, 1.807) is 12.2 Å².